The lowest BCUT2D eigenvalue weighted by Crippen LogP contribution is -2.11. The van der Waals surface area contributed by atoms with Crippen LogP contribution in [0.2, 0.25) is 0 Å². The first-order valence-corrected chi connectivity index (χ1v) is 5.97. The molecule has 0 saturated carbocycles. The Kier molecular flexibility index (Phi) is 2.31. The lowest BCUT2D eigenvalue weighted by atomic mass is 10.0. The minimum Gasteiger partial charge on any atom is -0.454 e. The van der Waals surface area contributed by atoms with Crippen molar-refractivity contribution < 1.29 is 9.47 Å². The van der Waals surface area contributed by atoms with E-state index in [1.54, 1.807) is 11.3 Å². The molecule has 0 aliphatic carbocycles. The molecular weight excluding hydrogens is 222 g/mol. The highest BCUT2D eigenvalue weighted by Gasteiger charge is 2.22. The third kappa shape index (κ3) is 1.47. The van der Waals surface area contributed by atoms with Crippen LogP contribution in [0.1, 0.15) is 17.2 Å². The molecule has 82 valence electrons. The van der Waals surface area contributed by atoms with E-state index in [2.05, 4.69) is 5.38 Å². The second-order valence-corrected chi connectivity index (χ2v) is 4.40. The summed E-state index contributed by atoms with van der Waals surface area (Å²) >= 11 is 1.64. The lowest BCUT2D eigenvalue weighted by Gasteiger charge is -2.12. The smallest absolute Gasteiger partial charge is 0.231 e. The van der Waals surface area contributed by atoms with Gasteiger partial charge in [-0.2, -0.15) is 11.3 Å². The molecule has 2 aromatic rings. The molecule has 0 saturated heterocycles. The van der Waals surface area contributed by atoms with E-state index in [-0.39, 0.29) is 12.8 Å². The van der Waals surface area contributed by atoms with Crippen molar-refractivity contribution in [1.82, 2.24) is 0 Å². The molecule has 1 aromatic heterocycles. The molecule has 1 atom stereocenters. The number of ether oxygens (including phenoxy) is 2. The Morgan fingerprint density at radius 1 is 1.25 bits per heavy atom. The third-order valence-electron chi connectivity index (χ3n) is 2.66. The van der Waals surface area contributed by atoms with Crippen LogP contribution in [0.15, 0.2) is 35.0 Å². The van der Waals surface area contributed by atoms with Crippen LogP contribution in [0.5, 0.6) is 11.5 Å². The monoisotopic (exact) mass is 233 g/mol. The molecule has 0 amide bonds. The average Bonchev–Trinajstić information content (AvgIpc) is 2.98. The van der Waals surface area contributed by atoms with Gasteiger partial charge in [-0.3, -0.25) is 0 Å². The number of fused-ring (bicyclic) bond motifs is 1. The van der Waals surface area contributed by atoms with Gasteiger partial charge in [0.25, 0.3) is 0 Å². The van der Waals surface area contributed by atoms with E-state index < -0.39 is 0 Å². The van der Waals surface area contributed by atoms with Crippen molar-refractivity contribution in [2.75, 3.05) is 6.79 Å². The lowest BCUT2D eigenvalue weighted by molar-refractivity contribution is 0.173. The van der Waals surface area contributed by atoms with Gasteiger partial charge in [0.05, 0.1) is 6.04 Å². The summed E-state index contributed by atoms with van der Waals surface area (Å²) in [6.07, 6.45) is 0. The van der Waals surface area contributed by atoms with E-state index >= 15 is 0 Å². The fourth-order valence-electron chi connectivity index (χ4n) is 1.83. The Morgan fingerprint density at radius 2 is 2.19 bits per heavy atom. The number of thiophene rings is 1. The predicted molar refractivity (Wildman–Crippen MR) is 62.9 cm³/mol. The van der Waals surface area contributed by atoms with Crippen LogP contribution in [-0.2, 0) is 0 Å². The van der Waals surface area contributed by atoms with Gasteiger partial charge in [0, 0.05) is 5.56 Å². The zero-order valence-corrected chi connectivity index (χ0v) is 9.37. The molecule has 1 aliphatic heterocycles. The number of benzene rings is 1. The van der Waals surface area contributed by atoms with Crippen molar-refractivity contribution in [3.05, 3.63) is 46.2 Å². The molecule has 1 aliphatic rings. The summed E-state index contributed by atoms with van der Waals surface area (Å²) in [5.74, 6) is 1.56. The SMILES string of the molecule is N[C@H](c1ccsc1)c1cccc2c1OCO2. The highest BCUT2D eigenvalue weighted by atomic mass is 32.1. The Bertz CT molecular complexity index is 496. The van der Waals surface area contributed by atoms with E-state index in [0.29, 0.717) is 0 Å². The van der Waals surface area contributed by atoms with Crippen molar-refractivity contribution >= 4 is 11.3 Å². The van der Waals surface area contributed by atoms with Crippen LogP contribution in [0.3, 0.4) is 0 Å². The number of nitrogens with two attached hydrogens (primary N) is 1. The van der Waals surface area contributed by atoms with Gasteiger partial charge in [-0.15, -0.1) is 0 Å². The van der Waals surface area contributed by atoms with Crippen molar-refractivity contribution in [2.45, 2.75) is 6.04 Å². The van der Waals surface area contributed by atoms with E-state index in [4.69, 9.17) is 15.2 Å². The van der Waals surface area contributed by atoms with Gasteiger partial charge in [-0.25, -0.2) is 0 Å². The second-order valence-electron chi connectivity index (χ2n) is 3.62. The van der Waals surface area contributed by atoms with Crippen LogP contribution in [-0.4, -0.2) is 6.79 Å². The first-order chi connectivity index (χ1) is 7.86. The number of rotatable bonds is 2. The largest absolute Gasteiger partial charge is 0.454 e. The van der Waals surface area contributed by atoms with E-state index in [1.807, 2.05) is 29.6 Å². The molecule has 1 aromatic carbocycles. The maximum atomic E-state index is 6.20. The fraction of sp³-hybridized carbons (Fsp3) is 0.167. The fourth-order valence-corrected chi connectivity index (χ4v) is 2.53. The van der Waals surface area contributed by atoms with Gasteiger partial charge >= 0.3 is 0 Å². The van der Waals surface area contributed by atoms with Gasteiger partial charge in [0.15, 0.2) is 11.5 Å². The summed E-state index contributed by atoms with van der Waals surface area (Å²) in [5.41, 5.74) is 8.29. The van der Waals surface area contributed by atoms with Crippen molar-refractivity contribution in [2.24, 2.45) is 5.73 Å². The second kappa shape index (κ2) is 3.81. The zero-order chi connectivity index (χ0) is 11.0. The molecule has 4 heteroatoms. The Balaban J connectivity index is 2.04. The summed E-state index contributed by atoms with van der Waals surface area (Å²) < 4.78 is 10.8. The molecule has 0 unspecified atom stereocenters. The van der Waals surface area contributed by atoms with Gasteiger partial charge in [0.2, 0.25) is 6.79 Å². The predicted octanol–water partition coefficient (Wildman–Crippen LogP) is 2.52. The molecule has 3 nitrogen and oxygen atoms in total. The average molecular weight is 233 g/mol. The van der Waals surface area contributed by atoms with Gasteiger partial charge in [-0.1, -0.05) is 12.1 Å². The van der Waals surface area contributed by atoms with E-state index in [0.717, 1.165) is 22.6 Å². The zero-order valence-electron chi connectivity index (χ0n) is 8.55. The number of hydrogen-bond acceptors (Lipinski definition) is 4. The van der Waals surface area contributed by atoms with Gasteiger partial charge < -0.3 is 15.2 Å². The van der Waals surface area contributed by atoms with Gasteiger partial charge in [0.1, 0.15) is 0 Å². The summed E-state index contributed by atoms with van der Waals surface area (Å²) in [7, 11) is 0. The van der Waals surface area contributed by atoms with Crippen LogP contribution < -0.4 is 15.2 Å². The summed E-state index contributed by atoms with van der Waals surface area (Å²) in [5, 5.41) is 4.08. The van der Waals surface area contributed by atoms with E-state index in [9.17, 15) is 0 Å². The molecule has 0 fully saturated rings. The molecule has 0 spiro atoms. The topological polar surface area (TPSA) is 44.5 Å². The van der Waals surface area contributed by atoms with Crippen molar-refractivity contribution in [3.8, 4) is 11.5 Å². The van der Waals surface area contributed by atoms with Crippen molar-refractivity contribution in [3.63, 3.8) is 0 Å². The molecular formula is C12H11NO2S. The molecule has 0 radical (unpaired) electrons. The van der Waals surface area contributed by atoms with Crippen LogP contribution >= 0.6 is 11.3 Å². The Morgan fingerprint density at radius 3 is 3.00 bits per heavy atom. The Labute approximate surface area is 97.4 Å². The summed E-state index contributed by atoms with van der Waals surface area (Å²) in [6, 6.07) is 7.70. The highest BCUT2D eigenvalue weighted by Crippen LogP contribution is 2.39. The molecule has 16 heavy (non-hydrogen) atoms. The molecule has 0 bridgehead atoms. The first-order valence-electron chi connectivity index (χ1n) is 5.02. The molecule has 3 rings (SSSR count). The molecule has 2 heterocycles. The minimum absolute atomic E-state index is 0.150. The Hall–Kier alpha value is -1.52. The van der Waals surface area contributed by atoms with Crippen LogP contribution in [0.25, 0.3) is 0 Å². The highest BCUT2D eigenvalue weighted by molar-refractivity contribution is 7.08. The normalized spacial score (nSPS) is 15.1. The van der Waals surface area contributed by atoms with Crippen LogP contribution in [0.4, 0.5) is 0 Å². The maximum absolute atomic E-state index is 6.20. The standard InChI is InChI=1S/C12H11NO2S/c13-11(8-4-5-16-6-8)9-2-1-3-10-12(9)15-7-14-10/h1-6,11H,7,13H2/t11-/m1/s1. The number of para-hydroxylation sites is 1. The molecule has 2 N–H and O–H groups in total. The third-order valence-corrected chi connectivity index (χ3v) is 3.37. The minimum atomic E-state index is -0.150. The quantitative estimate of drug-likeness (QED) is 0.866. The number of hydrogen-bond donors (Lipinski definition) is 1. The van der Waals surface area contributed by atoms with Gasteiger partial charge in [-0.05, 0) is 28.5 Å². The first kappa shape index (κ1) is 9.69. The maximum Gasteiger partial charge on any atom is 0.231 e. The van der Waals surface area contributed by atoms with Crippen LogP contribution in [0, 0.1) is 0 Å². The summed E-state index contributed by atoms with van der Waals surface area (Å²) in [6.45, 7) is 0.280. The summed E-state index contributed by atoms with van der Waals surface area (Å²) in [4.78, 5) is 0. The van der Waals surface area contributed by atoms with E-state index in [1.165, 1.54) is 0 Å². The van der Waals surface area contributed by atoms with Crippen molar-refractivity contribution in [1.29, 1.82) is 0 Å².